The number of nitrogens with zero attached hydrogens (tertiary/aromatic N) is 3. The van der Waals surface area contributed by atoms with E-state index in [0.29, 0.717) is 0 Å². The molecule has 0 atom stereocenters. The number of aromatic nitrogens is 3. The number of hydrogen-bond acceptors (Lipinski definition) is 2. The lowest BCUT2D eigenvalue weighted by Crippen LogP contribution is -2.36. The van der Waals surface area contributed by atoms with Crippen LogP contribution in [0.15, 0.2) is 61.1 Å². The van der Waals surface area contributed by atoms with E-state index in [-0.39, 0.29) is 0 Å². The van der Waals surface area contributed by atoms with Crippen LogP contribution in [0.4, 0.5) is 0 Å². The highest BCUT2D eigenvalue weighted by molar-refractivity contribution is 5.81. The highest BCUT2D eigenvalue weighted by atomic mass is 15.0. The Morgan fingerprint density at radius 2 is 1.46 bits per heavy atom. The van der Waals surface area contributed by atoms with E-state index in [0.717, 1.165) is 11.4 Å². The Kier molecular flexibility index (Phi) is 4.00. The monoisotopic (exact) mass is 340 g/mol. The minimum atomic E-state index is 0.780. The number of fused-ring (bicyclic) bond motifs is 1. The summed E-state index contributed by atoms with van der Waals surface area (Å²) < 4.78 is 2.29. The molecule has 26 heavy (non-hydrogen) atoms. The van der Waals surface area contributed by atoms with Crippen LogP contribution in [0.25, 0.3) is 27.8 Å². The predicted octanol–water partition coefficient (Wildman–Crippen LogP) is 4.81. The normalized spacial score (nSPS) is 11.1. The molecule has 0 fully saturated rings. The molecule has 0 amide bonds. The van der Waals surface area contributed by atoms with E-state index in [4.69, 9.17) is 0 Å². The quantitative estimate of drug-likeness (QED) is 0.490. The molecule has 2 aromatic carbocycles. The summed E-state index contributed by atoms with van der Waals surface area (Å²) in [6, 6.07) is 14.8. The number of aryl methyl sites for hydroxylation is 3. The van der Waals surface area contributed by atoms with Crippen LogP contribution in [0.1, 0.15) is 22.4 Å². The maximum Gasteiger partial charge on any atom is 0.217 e. The van der Waals surface area contributed by atoms with Crippen molar-refractivity contribution in [1.29, 1.82) is 0 Å². The minimum Gasteiger partial charge on any atom is -0.237 e. The van der Waals surface area contributed by atoms with Gasteiger partial charge in [-0.15, -0.1) is 0 Å². The molecule has 0 saturated heterocycles. The van der Waals surface area contributed by atoms with Gasteiger partial charge in [0.15, 0.2) is 17.7 Å². The van der Waals surface area contributed by atoms with Crippen molar-refractivity contribution in [3.05, 3.63) is 83.4 Å². The maximum absolute atomic E-state index is 4.49. The predicted molar refractivity (Wildman–Crippen MR) is 105 cm³/mol. The molecule has 0 aliphatic rings. The summed E-state index contributed by atoms with van der Waals surface area (Å²) in [7, 11) is 0. The van der Waals surface area contributed by atoms with Crippen LogP contribution < -0.4 is 4.57 Å². The lowest BCUT2D eigenvalue weighted by molar-refractivity contribution is -0.602. The number of pyridine rings is 1. The third-order valence-corrected chi connectivity index (χ3v) is 4.97. The van der Waals surface area contributed by atoms with Crippen molar-refractivity contribution < 1.29 is 4.57 Å². The molecule has 4 aromatic rings. The average Bonchev–Trinajstić information content (AvgIpc) is 2.62. The third kappa shape index (κ3) is 2.66. The zero-order valence-electron chi connectivity index (χ0n) is 15.6. The molecule has 3 nitrogen and oxygen atoms in total. The molecule has 0 aliphatic heterocycles. The number of rotatable bonds is 2. The smallest absolute Gasteiger partial charge is 0.217 e. The molecule has 3 heteroatoms. The third-order valence-electron chi connectivity index (χ3n) is 4.97. The fraction of sp³-hybridized carbons (Fsp3) is 0.174. The fourth-order valence-electron chi connectivity index (χ4n) is 3.85. The van der Waals surface area contributed by atoms with Gasteiger partial charge < -0.3 is 0 Å². The van der Waals surface area contributed by atoms with Crippen LogP contribution in [-0.2, 0) is 0 Å². The molecule has 0 N–H and O–H groups in total. The van der Waals surface area contributed by atoms with Gasteiger partial charge in [0, 0.05) is 47.5 Å². The molecule has 128 valence electrons. The molecule has 2 heterocycles. The van der Waals surface area contributed by atoms with Gasteiger partial charge in [0.1, 0.15) is 0 Å². The summed E-state index contributed by atoms with van der Waals surface area (Å²) in [5.41, 5.74) is 7.19. The highest BCUT2D eigenvalue weighted by Crippen LogP contribution is 2.30. The van der Waals surface area contributed by atoms with Crippen LogP contribution in [0.3, 0.4) is 0 Å². The Balaban J connectivity index is 2.02. The Morgan fingerprint density at radius 3 is 2.19 bits per heavy atom. The Morgan fingerprint density at radius 1 is 0.769 bits per heavy atom. The van der Waals surface area contributed by atoms with E-state index in [9.17, 15) is 0 Å². The summed E-state index contributed by atoms with van der Waals surface area (Å²) in [6.07, 6.45) is 5.83. The van der Waals surface area contributed by atoms with Gasteiger partial charge in [0.2, 0.25) is 5.69 Å². The summed E-state index contributed by atoms with van der Waals surface area (Å²) in [4.78, 5) is 8.97. The first kappa shape index (κ1) is 16.4. The van der Waals surface area contributed by atoms with E-state index in [1.54, 1.807) is 12.4 Å². The van der Waals surface area contributed by atoms with Gasteiger partial charge in [-0.3, -0.25) is 0 Å². The molecule has 0 aliphatic carbocycles. The van der Waals surface area contributed by atoms with Crippen LogP contribution in [0, 0.1) is 27.7 Å². The van der Waals surface area contributed by atoms with Crippen molar-refractivity contribution in [1.82, 2.24) is 9.97 Å². The number of hydrogen-bond donors (Lipinski definition) is 0. The minimum absolute atomic E-state index is 0.780. The van der Waals surface area contributed by atoms with Crippen molar-refractivity contribution in [2.24, 2.45) is 0 Å². The van der Waals surface area contributed by atoms with Crippen molar-refractivity contribution in [2.75, 3.05) is 0 Å². The standard InChI is InChI=1S/C23H22N3/c1-15-12-16(2)22(18(4)21(15)23-24-10-7-11-25-23)26-14-20-9-6-5-8-19(20)13-17(26)3/h5-14H,1-4H3/q+1. The van der Waals surface area contributed by atoms with E-state index in [2.05, 4.69) is 84.8 Å². The van der Waals surface area contributed by atoms with Crippen LogP contribution in [0.2, 0.25) is 0 Å². The molecule has 0 spiro atoms. The zero-order chi connectivity index (χ0) is 18.3. The second kappa shape index (κ2) is 6.34. The first-order valence-electron chi connectivity index (χ1n) is 8.86. The second-order valence-corrected chi connectivity index (χ2v) is 6.85. The average molecular weight is 340 g/mol. The fourth-order valence-corrected chi connectivity index (χ4v) is 3.85. The van der Waals surface area contributed by atoms with Crippen molar-refractivity contribution in [3.8, 4) is 17.1 Å². The van der Waals surface area contributed by atoms with Crippen molar-refractivity contribution >= 4 is 10.8 Å². The topological polar surface area (TPSA) is 29.7 Å². The summed E-state index contributed by atoms with van der Waals surface area (Å²) in [5.74, 6) is 0.780. The van der Waals surface area contributed by atoms with Gasteiger partial charge in [-0.2, -0.15) is 4.57 Å². The van der Waals surface area contributed by atoms with Crippen LogP contribution in [0.5, 0.6) is 0 Å². The summed E-state index contributed by atoms with van der Waals surface area (Å²) in [5, 5.41) is 2.49. The molecule has 0 saturated carbocycles. The Hall–Kier alpha value is -3.07. The van der Waals surface area contributed by atoms with Gasteiger partial charge in [-0.25, -0.2) is 9.97 Å². The lowest BCUT2D eigenvalue weighted by Gasteiger charge is -2.14. The van der Waals surface area contributed by atoms with Gasteiger partial charge in [0.05, 0.1) is 0 Å². The van der Waals surface area contributed by atoms with Crippen molar-refractivity contribution in [2.45, 2.75) is 27.7 Å². The van der Waals surface area contributed by atoms with Gasteiger partial charge in [-0.1, -0.05) is 18.2 Å². The summed E-state index contributed by atoms with van der Waals surface area (Å²) in [6.45, 7) is 8.63. The SMILES string of the molecule is Cc1cc(C)c(-[n+]2cc3ccccc3cc2C)c(C)c1-c1ncccn1. The maximum atomic E-state index is 4.49. The van der Waals surface area contributed by atoms with Gasteiger partial charge in [-0.05, 0) is 49.9 Å². The second-order valence-electron chi connectivity index (χ2n) is 6.85. The van der Waals surface area contributed by atoms with Crippen LogP contribution >= 0.6 is 0 Å². The Bertz CT molecular complexity index is 1120. The van der Waals surface area contributed by atoms with E-state index >= 15 is 0 Å². The first-order chi connectivity index (χ1) is 12.6. The largest absolute Gasteiger partial charge is 0.237 e. The Labute approximate surface area is 154 Å². The number of benzene rings is 2. The molecular formula is C23H22N3+. The molecule has 0 bridgehead atoms. The van der Waals surface area contributed by atoms with Crippen molar-refractivity contribution in [3.63, 3.8) is 0 Å². The molecule has 4 rings (SSSR count). The highest BCUT2D eigenvalue weighted by Gasteiger charge is 2.23. The van der Waals surface area contributed by atoms with E-state index in [1.807, 2.05) is 6.07 Å². The first-order valence-corrected chi connectivity index (χ1v) is 8.86. The molecule has 0 radical (unpaired) electrons. The van der Waals surface area contributed by atoms with E-state index in [1.165, 1.54) is 38.8 Å². The van der Waals surface area contributed by atoms with Crippen LogP contribution in [-0.4, -0.2) is 9.97 Å². The summed E-state index contributed by atoms with van der Waals surface area (Å²) >= 11 is 0. The van der Waals surface area contributed by atoms with Gasteiger partial charge in [0.25, 0.3) is 0 Å². The zero-order valence-corrected chi connectivity index (χ0v) is 15.6. The van der Waals surface area contributed by atoms with Gasteiger partial charge >= 0.3 is 0 Å². The van der Waals surface area contributed by atoms with E-state index < -0.39 is 0 Å². The lowest BCUT2D eigenvalue weighted by atomic mass is 9.96. The molecule has 2 aromatic heterocycles. The molecular weight excluding hydrogens is 318 g/mol. The molecule has 0 unspecified atom stereocenters.